The minimum atomic E-state index is 0.158. The molecule has 0 aromatic carbocycles. The molecule has 2 heterocycles. The maximum absolute atomic E-state index is 11.9. The molecule has 2 aliphatic rings. The fourth-order valence-electron chi connectivity index (χ4n) is 2.94. The number of rotatable bonds is 1. The van der Waals surface area contributed by atoms with Crippen molar-refractivity contribution in [2.45, 2.75) is 25.3 Å². The molecule has 0 aromatic heterocycles. The minimum Gasteiger partial charge on any atom is -0.331 e. The molecule has 2 aliphatic heterocycles. The second kappa shape index (κ2) is 6.38. The van der Waals surface area contributed by atoms with Crippen LogP contribution in [0.4, 0.5) is 4.79 Å². The van der Waals surface area contributed by atoms with Crippen LogP contribution in [0.1, 0.15) is 19.3 Å². The SMILES string of the molecule is CN(C)C(=O)N1CCC(N2CCCNCC2)CC1. The molecule has 2 rings (SSSR count). The van der Waals surface area contributed by atoms with Crippen LogP contribution in [0, 0.1) is 0 Å². The van der Waals surface area contributed by atoms with Gasteiger partial charge < -0.3 is 15.1 Å². The monoisotopic (exact) mass is 254 g/mol. The number of carbonyl (C=O) groups is 1. The number of urea groups is 1. The summed E-state index contributed by atoms with van der Waals surface area (Å²) < 4.78 is 0. The quantitative estimate of drug-likeness (QED) is 0.737. The van der Waals surface area contributed by atoms with Gasteiger partial charge in [-0.1, -0.05) is 0 Å². The Balaban J connectivity index is 1.80. The van der Waals surface area contributed by atoms with Crippen molar-refractivity contribution >= 4 is 6.03 Å². The zero-order chi connectivity index (χ0) is 13.0. The van der Waals surface area contributed by atoms with E-state index < -0.39 is 0 Å². The predicted octanol–water partition coefficient (Wildman–Crippen LogP) is 0.428. The Hall–Kier alpha value is -0.810. The normalized spacial score (nSPS) is 23.8. The maximum atomic E-state index is 11.9. The van der Waals surface area contributed by atoms with E-state index in [1.54, 1.807) is 4.90 Å². The van der Waals surface area contributed by atoms with Gasteiger partial charge in [0.15, 0.2) is 0 Å². The van der Waals surface area contributed by atoms with E-state index in [4.69, 9.17) is 0 Å². The Morgan fingerprint density at radius 1 is 1.11 bits per heavy atom. The highest BCUT2D eigenvalue weighted by Crippen LogP contribution is 2.18. The number of nitrogens with one attached hydrogen (secondary N) is 1. The predicted molar refractivity (Wildman–Crippen MR) is 72.7 cm³/mol. The van der Waals surface area contributed by atoms with Crippen LogP contribution in [0.25, 0.3) is 0 Å². The maximum Gasteiger partial charge on any atom is 0.319 e. The molecule has 0 aromatic rings. The molecule has 2 saturated heterocycles. The van der Waals surface area contributed by atoms with E-state index in [2.05, 4.69) is 10.2 Å². The van der Waals surface area contributed by atoms with Crippen molar-refractivity contribution in [1.82, 2.24) is 20.0 Å². The Morgan fingerprint density at radius 2 is 1.83 bits per heavy atom. The van der Waals surface area contributed by atoms with E-state index in [1.807, 2.05) is 19.0 Å². The highest BCUT2D eigenvalue weighted by atomic mass is 16.2. The van der Waals surface area contributed by atoms with Crippen molar-refractivity contribution in [3.05, 3.63) is 0 Å². The summed E-state index contributed by atoms with van der Waals surface area (Å²) in [5.41, 5.74) is 0. The smallest absolute Gasteiger partial charge is 0.319 e. The summed E-state index contributed by atoms with van der Waals surface area (Å²) in [5.74, 6) is 0. The highest BCUT2D eigenvalue weighted by molar-refractivity contribution is 5.73. The van der Waals surface area contributed by atoms with E-state index in [1.165, 1.54) is 13.0 Å². The van der Waals surface area contributed by atoms with Gasteiger partial charge in [-0.2, -0.15) is 0 Å². The average Bonchev–Trinajstić information content (AvgIpc) is 2.67. The van der Waals surface area contributed by atoms with Crippen LogP contribution in [-0.2, 0) is 0 Å². The molecule has 5 heteroatoms. The summed E-state index contributed by atoms with van der Waals surface area (Å²) in [5, 5.41) is 3.45. The van der Waals surface area contributed by atoms with Crippen LogP contribution in [0.3, 0.4) is 0 Å². The third-order valence-corrected chi connectivity index (χ3v) is 4.01. The van der Waals surface area contributed by atoms with Crippen LogP contribution in [0.2, 0.25) is 0 Å². The summed E-state index contributed by atoms with van der Waals surface area (Å²) in [6.07, 6.45) is 3.50. The Kier molecular flexibility index (Phi) is 4.83. The minimum absolute atomic E-state index is 0.158. The number of nitrogens with zero attached hydrogens (tertiary/aromatic N) is 3. The fourth-order valence-corrected chi connectivity index (χ4v) is 2.94. The second-order valence-electron chi connectivity index (χ2n) is 5.53. The molecule has 1 N–H and O–H groups in total. The Bertz CT molecular complexity index is 266. The van der Waals surface area contributed by atoms with Crippen molar-refractivity contribution in [3.8, 4) is 0 Å². The first-order valence-electron chi connectivity index (χ1n) is 7.09. The Morgan fingerprint density at radius 3 is 2.50 bits per heavy atom. The summed E-state index contributed by atoms with van der Waals surface area (Å²) in [7, 11) is 3.66. The van der Waals surface area contributed by atoms with E-state index in [-0.39, 0.29) is 6.03 Å². The van der Waals surface area contributed by atoms with Gasteiger partial charge >= 0.3 is 6.03 Å². The number of likely N-dealkylation sites (tertiary alicyclic amines) is 1. The molecule has 18 heavy (non-hydrogen) atoms. The third kappa shape index (κ3) is 3.36. The molecule has 0 unspecified atom stereocenters. The molecule has 104 valence electrons. The van der Waals surface area contributed by atoms with Crippen molar-refractivity contribution in [2.24, 2.45) is 0 Å². The van der Waals surface area contributed by atoms with Crippen molar-refractivity contribution < 1.29 is 4.79 Å². The zero-order valence-electron chi connectivity index (χ0n) is 11.7. The summed E-state index contributed by atoms with van der Waals surface area (Å²) in [4.78, 5) is 18.1. The molecule has 0 saturated carbocycles. The van der Waals surface area contributed by atoms with Crippen LogP contribution in [-0.4, -0.2) is 80.1 Å². The summed E-state index contributed by atoms with van der Waals surface area (Å²) >= 11 is 0. The van der Waals surface area contributed by atoms with E-state index in [0.717, 1.165) is 45.6 Å². The number of piperidine rings is 1. The van der Waals surface area contributed by atoms with Crippen LogP contribution in [0.15, 0.2) is 0 Å². The van der Waals surface area contributed by atoms with Gasteiger partial charge in [0.25, 0.3) is 0 Å². The zero-order valence-corrected chi connectivity index (χ0v) is 11.7. The van der Waals surface area contributed by atoms with Crippen molar-refractivity contribution in [2.75, 3.05) is 53.4 Å². The van der Waals surface area contributed by atoms with Gasteiger partial charge in [0.1, 0.15) is 0 Å². The molecule has 5 nitrogen and oxygen atoms in total. The number of carbonyl (C=O) groups excluding carboxylic acids is 1. The molecule has 0 aliphatic carbocycles. The molecular formula is C13H26N4O. The fraction of sp³-hybridized carbons (Fsp3) is 0.923. The first kappa shape index (κ1) is 13.6. The van der Waals surface area contributed by atoms with Crippen molar-refractivity contribution in [1.29, 1.82) is 0 Å². The lowest BCUT2D eigenvalue weighted by molar-refractivity contribution is 0.111. The molecule has 2 amide bonds. The largest absolute Gasteiger partial charge is 0.331 e. The van der Waals surface area contributed by atoms with E-state index >= 15 is 0 Å². The molecular weight excluding hydrogens is 228 g/mol. The van der Waals surface area contributed by atoms with E-state index in [9.17, 15) is 4.79 Å². The second-order valence-corrected chi connectivity index (χ2v) is 5.53. The topological polar surface area (TPSA) is 38.8 Å². The first-order chi connectivity index (χ1) is 8.68. The number of amides is 2. The molecule has 2 fully saturated rings. The van der Waals surface area contributed by atoms with Gasteiger partial charge in [0.2, 0.25) is 0 Å². The van der Waals surface area contributed by atoms with E-state index in [0.29, 0.717) is 6.04 Å². The summed E-state index contributed by atoms with van der Waals surface area (Å²) in [6.45, 7) is 6.44. The lowest BCUT2D eigenvalue weighted by Crippen LogP contribution is -2.49. The average molecular weight is 254 g/mol. The molecule has 0 radical (unpaired) electrons. The molecule has 0 atom stereocenters. The van der Waals surface area contributed by atoms with Crippen LogP contribution >= 0.6 is 0 Å². The van der Waals surface area contributed by atoms with Gasteiger partial charge in [-0.05, 0) is 32.4 Å². The van der Waals surface area contributed by atoms with Gasteiger partial charge in [-0.25, -0.2) is 4.79 Å². The molecule has 0 spiro atoms. The van der Waals surface area contributed by atoms with Gasteiger partial charge in [-0.3, -0.25) is 4.90 Å². The lowest BCUT2D eigenvalue weighted by atomic mass is 10.0. The van der Waals surface area contributed by atoms with Gasteiger partial charge in [-0.15, -0.1) is 0 Å². The van der Waals surface area contributed by atoms with Gasteiger partial charge in [0, 0.05) is 46.3 Å². The first-order valence-corrected chi connectivity index (χ1v) is 7.09. The lowest BCUT2D eigenvalue weighted by Gasteiger charge is -2.38. The summed E-state index contributed by atoms with van der Waals surface area (Å²) in [6, 6.07) is 0.835. The number of hydrogen-bond acceptors (Lipinski definition) is 3. The van der Waals surface area contributed by atoms with Crippen molar-refractivity contribution in [3.63, 3.8) is 0 Å². The highest BCUT2D eigenvalue weighted by Gasteiger charge is 2.27. The number of hydrogen-bond donors (Lipinski definition) is 1. The Labute approximate surface area is 110 Å². The van der Waals surface area contributed by atoms with Gasteiger partial charge in [0.05, 0.1) is 0 Å². The van der Waals surface area contributed by atoms with Crippen LogP contribution in [0.5, 0.6) is 0 Å². The standard InChI is InChI=1S/C13H26N4O/c1-15(2)13(18)17-9-4-12(5-10-17)16-8-3-6-14-7-11-16/h12,14H,3-11H2,1-2H3. The van der Waals surface area contributed by atoms with Crippen LogP contribution < -0.4 is 5.32 Å². The third-order valence-electron chi connectivity index (χ3n) is 4.01. The molecule has 0 bridgehead atoms.